The van der Waals surface area contributed by atoms with E-state index in [9.17, 15) is 18.0 Å². The van der Waals surface area contributed by atoms with Crippen LogP contribution in [0.4, 0.5) is 10.5 Å². The van der Waals surface area contributed by atoms with Gasteiger partial charge < -0.3 is 15.0 Å². The van der Waals surface area contributed by atoms with Crippen LogP contribution in [0.2, 0.25) is 0 Å². The molecule has 1 saturated heterocycles. The number of hydrogen-bond donors (Lipinski definition) is 1. The SMILES string of the molecule is CCOC(=O)N1CCC(NC(=O)CCN(c2ccccc2)S(C)(=O)=O)CC1. The summed E-state index contributed by atoms with van der Waals surface area (Å²) in [6.07, 6.45) is 2.18. The second-order valence-electron chi connectivity index (χ2n) is 6.45. The summed E-state index contributed by atoms with van der Waals surface area (Å²) >= 11 is 0. The lowest BCUT2D eigenvalue weighted by atomic mass is 10.1. The molecule has 1 N–H and O–H groups in total. The highest BCUT2D eigenvalue weighted by Gasteiger charge is 2.25. The first-order valence-corrected chi connectivity index (χ1v) is 10.9. The number of piperidine rings is 1. The number of ether oxygens (including phenoxy) is 1. The lowest BCUT2D eigenvalue weighted by Gasteiger charge is -2.31. The summed E-state index contributed by atoms with van der Waals surface area (Å²) in [4.78, 5) is 25.6. The number of carbonyl (C=O) groups excluding carboxylic acids is 2. The van der Waals surface area contributed by atoms with E-state index in [0.717, 1.165) is 6.26 Å². The van der Waals surface area contributed by atoms with Gasteiger partial charge in [-0.05, 0) is 31.9 Å². The van der Waals surface area contributed by atoms with Gasteiger partial charge in [-0.1, -0.05) is 18.2 Å². The molecule has 27 heavy (non-hydrogen) atoms. The van der Waals surface area contributed by atoms with Gasteiger partial charge in [0, 0.05) is 32.1 Å². The van der Waals surface area contributed by atoms with Crippen molar-refractivity contribution in [2.75, 3.05) is 36.8 Å². The zero-order valence-corrected chi connectivity index (χ0v) is 16.6. The van der Waals surface area contributed by atoms with Crippen LogP contribution in [-0.2, 0) is 19.6 Å². The number of rotatable bonds is 7. The molecule has 0 unspecified atom stereocenters. The molecule has 0 bridgehead atoms. The maximum Gasteiger partial charge on any atom is 0.409 e. The number of benzene rings is 1. The molecule has 0 atom stereocenters. The summed E-state index contributed by atoms with van der Waals surface area (Å²) in [7, 11) is -3.47. The Morgan fingerprint density at radius 2 is 1.85 bits per heavy atom. The van der Waals surface area contributed by atoms with Gasteiger partial charge in [-0.15, -0.1) is 0 Å². The van der Waals surface area contributed by atoms with E-state index in [1.54, 1.807) is 42.2 Å². The summed E-state index contributed by atoms with van der Waals surface area (Å²) in [6.45, 7) is 3.25. The molecule has 1 aliphatic rings. The molecular formula is C18H27N3O5S. The fourth-order valence-electron chi connectivity index (χ4n) is 3.00. The third kappa shape index (κ3) is 6.42. The lowest BCUT2D eigenvalue weighted by Crippen LogP contribution is -2.47. The monoisotopic (exact) mass is 397 g/mol. The zero-order chi connectivity index (χ0) is 19.9. The molecule has 150 valence electrons. The van der Waals surface area contributed by atoms with Crippen molar-refractivity contribution in [3.8, 4) is 0 Å². The van der Waals surface area contributed by atoms with Gasteiger partial charge in [0.15, 0.2) is 0 Å². The maximum atomic E-state index is 12.3. The third-order valence-electron chi connectivity index (χ3n) is 4.37. The molecule has 0 spiro atoms. The molecule has 1 fully saturated rings. The fraction of sp³-hybridized carbons (Fsp3) is 0.556. The number of para-hydroxylation sites is 1. The standard InChI is InChI=1S/C18H27N3O5S/c1-3-26-18(23)20-12-9-15(10-13-20)19-17(22)11-14-21(27(2,24)25)16-7-5-4-6-8-16/h4-8,15H,3,9-14H2,1-2H3,(H,19,22). The Balaban J connectivity index is 1.83. The van der Waals surface area contributed by atoms with Gasteiger partial charge in [0.25, 0.3) is 0 Å². The first kappa shape index (κ1) is 21.0. The van der Waals surface area contributed by atoms with Crippen molar-refractivity contribution in [1.29, 1.82) is 0 Å². The highest BCUT2D eigenvalue weighted by Crippen LogP contribution is 2.17. The van der Waals surface area contributed by atoms with Crippen LogP contribution in [0.3, 0.4) is 0 Å². The van der Waals surface area contributed by atoms with Crippen LogP contribution in [0, 0.1) is 0 Å². The Bertz CT molecular complexity index is 731. The van der Waals surface area contributed by atoms with Crippen molar-refractivity contribution in [1.82, 2.24) is 10.2 Å². The number of sulfonamides is 1. The molecule has 1 aromatic carbocycles. The van der Waals surface area contributed by atoms with Crippen LogP contribution in [0.25, 0.3) is 0 Å². The third-order valence-corrected chi connectivity index (χ3v) is 5.57. The van der Waals surface area contributed by atoms with Crippen LogP contribution >= 0.6 is 0 Å². The van der Waals surface area contributed by atoms with Crippen molar-refractivity contribution in [3.63, 3.8) is 0 Å². The molecule has 9 heteroatoms. The van der Waals surface area contributed by atoms with E-state index in [-0.39, 0.29) is 31.0 Å². The zero-order valence-electron chi connectivity index (χ0n) is 15.8. The Labute approximate surface area is 160 Å². The lowest BCUT2D eigenvalue weighted by molar-refractivity contribution is -0.121. The number of hydrogen-bond acceptors (Lipinski definition) is 5. The molecule has 2 rings (SSSR count). The van der Waals surface area contributed by atoms with Crippen LogP contribution < -0.4 is 9.62 Å². The van der Waals surface area contributed by atoms with E-state index in [2.05, 4.69) is 5.32 Å². The van der Waals surface area contributed by atoms with E-state index in [1.165, 1.54) is 4.31 Å². The quantitative estimate of drug-likeness (QED) is 0.754. The summed E-state index contributed by atoms with van der Waals surface area (Å²) in [5.41, 5.74) is 0.538. The first-order valence-electron chi connectivity index (χ1n) is 9.05. The smallest absolute Gasteiger partial charge is 0.409 e. The van der Waals surface area contributed by atoms with Gasteiger partial charge in [-0.25, -0.2) is 13.2 Å². The molecule has 1 aromatic rings. The largest absolute Gasteiger partial charge is 0.450 e. The van der Waals surface area contributed by atoms with Crippen molar-refractivity contribution in [3.05, 3.63) is 30.3 Å². The van der Waals surface area contributed by atoms with Gasteiger partial charge in [0.2, 0.25) is 15.9 Å². The van der Waals surface area contributed by atoms with Gasteiger partial charge in [0.05, 0.1) is 18.6 Å². The molecule has 0 aromatic heterocycles. The maximum absolute atomic E-state index is 12.3. The van der Waals surface area contributed by atoms with Crippen molar-refractivity contribution < 1.29 is 22.7 Å². The summed E-state index contributed by atoms with van der Waals surface area (Å²) in [6, 6.07) is 8.69. The Hall–Kier alpha value is -2.29. The molecule has 1 aliphatic heterocycles. The van der Waals surface area contributed by atoms with Gasteiger partial charge >= 0.3 is 6.09 Å². The second kappa shape index (κ2) is 9.59. The van der Waals surface area contributed by atoms with Crippen LogP contribution in [0.15, 0.2) is 30.3 Å². The topological polar surface area (TPSA) is 96.0 Å². The molecule has 2 amide bonds. The Kier molecular flexibility index (Phi) is 7.46. The molecular weight excluding hydrogens is 370 g/mol. The first-order chi connectivity index (χ1) is 12.8. The normalized spacial score (nSPS) is 15.3. The van der Waals surface area contributed by atoms with E-state index >= 15 is 0 Å². The van der Waals surface area contributed by atoms with Crippen molar-refractivity contribution >= 4 is 27.7 Å². The van der Waals surface area contributed by atoms with Crippen molar-refractivity contribution in [2.45, 2.75) is 32.2 Å². The van der Waals surface area contributed by atoms with E-state index in [0.29, 0.717) is 38.2 Å². The number of anilines is 1. The number of carbonyl (C=O) groups is 2. The molecule has 0 aliphatic carbocycles. The van der Waals surface area contributed by atoms with E-state index < -0.39 is 10.0 Å². The summed E-state index contributed by atoms with van der Waals surface area (Å²) in [5, 5.41) is 2.93. The van der Waals surface area contributed by atoms with Crippen LogP contribution in [0.1, 0.15) is 26.2 Å². The Morgan fingerprint density at radius 1 is 1.22 bits per heavy atom. The highest BCUT2D eigenvalue weighted by atomic mass is 32.2. The summed E-state index contributed by atoms with van der Waals surface area (Å²) in [5.74, 6) is -0.200. The summed E-state index contributed by atoms with van der Waals surface area (Å²) < 4.78 is 30.3. The van der Waals surface area contributed by atoms with Crippen molar-refractivity contribution in [2.24, 2.45) is 0 Å². The minimum Gasteiger partial charge on any atom is -0.450 e. The molecule has 0 saturated carbocycles. The predicted molar refractivity (Wildman–Crippen MR) is 103 cm³/mol. The highest BCUT2D eigenvalue weighted by molar-refractivity contribution is 7.92. The van der Waals surface area contributed by atoms with Crippen LogP contribution in [-0.4, -0.2) is 63.9 Å². The van der Waals surface area contributed by atoms with Gasteiger partial charge in [-0.2, -0.15) is 0 Å². The van der Waals surface area contributed by atoms with Crippen LogP contribution in [0.5, 0.6) is 0 Å². The predicted octanol–water partition coefficient (Wildman–Crippen LogP) is 1.58. The number of nitrogens with zero attached hydrogens (tertiary/aromatic N) is 2. The minimum atomic E-state index is -3.47. The minimum absolute atomic E-state index is 0.0217. The van der Waals surface area contributed by atoms with Gasteiger partial charge in [0.1, 0.15) is 0 Å². The fourth-order valence-corrected chi connectivity index (χ4v) is 3.93. The molecule has 0 radical (unpaired) electrons. The molecule has 8 nitrogen and oxygen atoms in total. The average Bonchev–Trinajstić information content (AvgIpc) is 2.62. The molecule has 1 heterocycles. The number of amides is 2. The number of likely N-dealkylation sites (tertiary alicyclic amines) is 1. The van der Waals surface area contributed by atoms with E-state index in [1.807, 2.05) is 0 Å². The van der Waals surface area contributed by atoms with Gasteiger partial charge in [-0.3, -0.25) is 9.10 Å². The second-order valence-corrected chi connectivity index (χ2v) is 8.36. The number of nitrogens with one attached hydrogen (secondary N) is 1. The Morgan fingerprint density at radius 3 is 2.41 bits per heavy atom. The average molecular weight is 397 g/mol. The van der Waals surface area contributed by atoms with E-state index in [4.69, 9.17) is 4.74 Å².